The van der Waals surface area contributed by atoms with E-state index < -0.39 is 12.1 Å². The molecule has 0 spiro atoms. The van der Waals surface area contributed by atoms with Gasteiger partial charge in [0.25, 0.3) is 5.91 Å². The van der Waals surface area contributed by atoms with E-state index in [4.69, 9.17) is 4.74 Å². The second kappa shape index (κ2) is 6.03. The van der Waals surface area contributed by atoms with Crippen LogP contribution in [0.25, 0.3) is 0 Å². The van der Waals surface area contributed by atoms with E-state index in [2.05, 4.69) is 10.6 Å². The van der Waals surface area contributed by atoms with Crippen LogP contribution < -0.4 is 10.6 Å². The molecule has 1 heterocycles. The average molecular weight is 296 g/mol. The molecular weight excluding hydrogens is 272 g/mol. The van der Waals surface area contributed by atoms with Crippen molar-refractivity contribution in [3.8, 4) is 0 Å². The first-order valence-electron chi connectivity index (χ1n) is 7.56. The second-order valence-corrected chi connectivity index (χ2v) is 6.73. The van der Waals surface area contributed by atoms with Gasteiger partial charge in [-0.05, 0) is 46.0 Å². The molecule has 0 aromatic rings. The number of carbonyl (C=O) groups is 3. The van der Waals surface area contributed by atoms with Crippen molar-refractivity contribution in [3.05, 3.63) is 0 Å². The van der Waals surface area contributed by atoms with Crippen LogP contribution in [-0.4, -0.2) is 35.5 Å². The van der Waals surface area contributed by atoms with Crippen LogP contribution in [0, 0.1) is 5.92 Å². The monoisotopic (exact) mass is 296 g/mol. The van der Waals surface area contributed by atoms with Gasteiger partial charge in [0.1, 0.15) is 0 Å². The minimum absolute atomic E-state index is 0.0178. The standard InChI is InChI=1S/C15H24N2O4/c1-9(18)21-12(14(20)16-11-5-6-11)7-4-10-8-15(2,3)17-13(10)19/h10-12H,4-8H2,1-3H3,(H,16,20)(H,17,19)/t10-,12?/m1/s1. The van der Waals surface area contributed by atoms with Crippen LogP contribution in [0.5, 0.6) is 0 Å². The van der Waals surface area contributed by atoms with Crippen molar-refractivity contribution in [3.63, 3.8) is 0 Å². The summed E-state index contributed by atoms with van der Waals surface area (Å²) in [5, 5.41) is 5.78. The van der Waals surface area contributed by atoms with Gasteiger partial charge in [-0.15, -0.1) is 0 Å². The first-order chi connectivity index (χ1) is 9.77. The Morgan fingerprint density at radius 2 is 2.10 bits per heavy atom. The molecule has 2 fully saturated rings. The zero-order valence-corrected chi connectivity index (χ0v) is 12.9. The first-order valence-corrected chi connectivity index (χ1v) is 7.56. The number of hydrogen-bond donors (Lipinski definition) is 2. The Kier molecular flexibility index (Phi) is 4.54. The number of ether oxygens (including phenoxy) is 1. The molecule has 6 nitrogen and oxygen atoms in total. The average Bonchev–Trinajstić information content (AvgIpc) is 3.10. The molecule has 6 heteroatoms. The number of hydrogen-bond acceptors (Lipinski definition) is 4. The van der Waals surface area contributed by atoms with Crippen molar-refractivity contribution in [2.45, 2.75) is 70.6 Å². The molecule has 1 saturated carbocycles. The number of esters is 1. The fourth-order valence-corrected chi connectivity index (χ4v) is 2.75. The van der Waals surface area contributed by atoms with E-state index in [0.717, 1.165) is 19.3 Å². The maximum atomic E-state index is 12.1. The van der Waals surface area contributed by atoms with Crippen LogP contribution in [0.3, 0.4) is 0 Å². The summed E-state index contributed by atoms with van der Waals surface area (Å²) in [6.07, 6.45) is 2.84. The molecule has 2 N–H and O–H groups in total. The molecular formula is C15H24N2O4. The summed E-state index contributed by atoms with van der Waals surface area (Å²) in [6, 6.07) is 0.226. The fourth-order valence-electron chi connectivity index (χ4n) is 2.75. The number of carbonyl (C=O) groups excluding carboxylic acids is 3. The smallest absolute Gasteiger partial charge is 0.303 e. The highest BCUT2D eigenvalue weighted by Crippen LogP contribution is 2.28. The molecule has 2 aliphatic rings. The van der Waals surface area contributed by atoms with E-state index in [9.17, 15) is 14.4 Å². The summed E-state index contributed by atoms with van der Waals surface area (Å²) in [7, 11) is 0. The van der Waals surface area contributed by atoms with Gasteiger partial charge in [0.15, 0.2) is 6.10 Å². The molecule has 0 bridgehead atoms. The Hall–Kier alpha value is -1.59. The molecule has 1 saturated heterocycles. The van der Waals surface area contributed by atoms with E-state index in [1.54, 1.807) is 0 Å². The van der Waals surface area contributed by atoms with Crippen molar-refractivity contribution in [1.29, 1.82) is 0 Å². The molecule has 2 rings (SSSR count). The lowest BCUT2D eigenvalue weighted by Crippen LogP contribution is -2.39. The highest BCUT2D eigenvalue weighted by atomic mass is 16.5. The van der Waals surface area contributed by atoms with Gasteiger partial charge in [0, 0.05) is 24.4 Å². The highest BCUT2D eigenvalue weighted by molar-refractivity contribution is 5.84. The maximum Gasteiger partial charge on any atom is 0.303 e. The van der Waals surface area contributed by atoms with Crippen molar-refractivity contribution < 1.29 is 19.1 Å². The first kappa shape index (κ1) is 15.8. The normalized spacial score (nSPS) is 25.1. The molecule has 0 radical (unpaired) electrons. The molecule has 2 atom stereocenters. The summed E-state index contributed by atoms with van der Waals surface area (Å²) >= 11 is 0. The van der Waals surface area contributed by atoms with E-state index in [-0.39, 0.29) is 29.3 Å². The SMILES string of the molecule is CC(=O)OC(CC[C@@H]1CC(C)(C)NC1=O)C(=O)NC1CC1. The van der Waals surface area contributed by atoms with Crippen LogP contribution in [0.4, 0.5) is 0 Å². The zero-order chi connectivity index (χ0) is 15.6. The molecule has 1 unspecified atom stereocenters. The van der Waals surface area contributed by atoms with Crippen LogP contribution in [0.2, 0.25) is 0 Å². The maximum absolute atomic E-state index is 12.1. The minimum atomic E-state index is -0.792. The quantitative estimate of drug-likeness (QED) is 0.713. The molecule has 1 aliphatic carbocycles. The van der Waals surface area contributed by atoms with Gasteiger partial charge in [0.05, 0.1) is 0 Å². The fraction of sp³-hybridized carbons (Fsp3) is 0.800. The zero-order valence-electron chi connectivity index (χ0n) is 12.9. The number of amides is 2. The third-order valence-corrected chi connectivity index (χ3v) is 3.89. The van der Waals surface area contributed by atoms with Gasteiger partial charge in [-0.1, -0.05) is 0 Å². The van der Waals surface area contributed by atoms with Gasteiger partial charge in [0.2, 0.25) is 5.91 Å². The predicted molar refractivity (Wildman–Crippen MR) is 76.3 cm³/mol. The predicted octanol–water partition coefficient (Wildman–Crippen LogP) is 0.892. The van der Waals surface area contributed by atoms with Crippen LogP contribution >= 0.6 is 0 Å². The Morgan fingerprint density at radius 1 is 1.43 bits per heavy atom. The van der Waals surface area contributed by atoms with Gasteiger partial charge in [-0.25, -0.2) is 0 Å². The summed E-state index contributed by atoms with van der Waals surface area (Å²) in [4.78, 5) is 35.1. The lowest BCUT2D eigenvalue weighted by Gasteiger charge is -2.18. The van der Waals surface area contributed by atoms with Gasteiger partial charge < -0.3 is 15.4 Å². The number of rotatable bonds is 6. The summed E-state index contributed by atoms with van der Waals surface area (Å²) < 4.78 is 5.11. The Bertz CT molecular complexity index is 443. The molecule has 0 aromatic heterocycles. The largest absolute Gasteiger partial charge is 0.452 e. The summed E-state index contributed by atoms with van der Waals surface area (Å²) in [5.74, 6) is -0.816. The van der Waals surface area contributed by atoms with E-state index in [1.807, 2.05) is 13.8 Å². The Morgan fingerprint density at radius 3 is 2.57 bits per heavy atom. The van der Waals surface area contributed by atoms with Crippen molar-refractivity contribution in [2.75, 3.05) is 0 Å². The lowest BCUT2D eigenvalue weighted by molar-refractivity contribution is -0.154. The topological polar surface area (TPSA) is 84.5 Å². The lowest BCUT2D eigenvalue weighted by atomic mass is 9.92. The van der Waals surface area contributed by atoms with Crippen LogP contribution in [0.15, 0.2) is 0 Å². The third kappa shape index (κ3) is 4.72. The van der Waals surface area contributed by atoms with E-state index in [1.165, 1.54) is 6.92 Å². The highest BCUT2D eigenvalue weighted by Gasteiger charge is 2.38. The third-order valence-electron chi connectivity index (χ3n) is 3.89. The van der Waals surface area contributed by atoms with E-state index >= 15 is 0 Å². The van der Waals surface area contributed by atoms with Crippen molar-refractivity contribution >= 4 is 17.8 Å². The Balaban J connectivity index is 1.87. The van der Waals surface area contributed by atoms with Crippen molar-refractivity contribution in [1.82, 2.24) is 10.6 Å². The molecule has 1 aliphatic heterocycles. The number of nitrogens with one attached hydrogen (secondary N) is 2. The van der Waals surface area contributed by atoms with Gasteiger partial charge in [-0.2, -0.15) is 0 Å². The van der Waals surface area contributed by atoms with E-state index in [0.29, 0.717) is 12.8 Å². The van der Waals surface area contributed by atoms with Crippen LogP contribution in [-0.2, 0) is 19.1 Å². The van der Waals surface area contributed by atoms with Crippen molar-refractivity contribution in [2.24, 2.45) is 5.92 Å². The van der Waals surface area contributed by atoms with Gasteiger partial charge in [-0.3, -0.25) is 14.4 Å². The summed E-state index contributed by atoms with van der Waals surface area (Å²) in [6.45, 7) is 5.26. The van der Waals surface area contributed by atoms with Crippen LogP contribution in [0.1, 0.15) is 52.9 Å². The molecule has 2 amide bonds. The molecule has 21 heavy (non-hydrogen) atoms. The molecule has 0 aromatic carbocycles. The Labute approximate surface area is 125 Å². The summed E-state index contributed by atoms with van der Waals surface area (Å²) in [5.41, 5.74) is -0.199. The van der Waals surface area contributed by atoms with Gasteiger partial charge >= 0.3 is 5.97 Å². The molecule has 118 valence electrons. The minimum Gasteiger partial charge on any atom is -0.452 e. The second-order valence-electron chi connectivity index (χ2n) is 6.73.